The molecule has 17 heavy (non-hydrogen) atoms. The van der Waals surface area contributed by atoms with Gasteiger partial charge in [0, 0.05) is 18.1 Å². The third kappa shape index (κ3) is 3.45. The van der Waals surface area contributed by atoms with E-state index in [2.05, 4.69) is 39.6 Å². The summed E-state index contributed by atoms with van der Waals surface area (Å²) in [5, 5.41) is 0. The van der Waals surface area contributed by atoms with Crippen molar-refractivity contribution in [2.24, 2.45) is 17.6 Å². The zero-order valence-corrected chi connectivity index (χ0v) is 12.5. The SMILES string of the molecule is CCCC(C)N(C)C1(CN)CC(C)CC(C)C1. The van der Waals surface area contributed by atoms with Crippen LogP contribution in [0.1, 0.15) is 59.8 Å². The number of likely N-dealkylation sites (N-methyl/N-ethyl adjacent to an activating group) is 1. The van der Waals surface area contributed by atoms with Crippen LogP contribution >= 0.6 is 0 Å². The fourth-order valence-electron chi connectivity index (χ4n) is 3.91. The van der Waals surface area contributed by atoms with Gasteiger partial charge in [0.25, 0.3) is 0 Å². The summed E-state index contributed by atoms with van der Waals surface area (Å²) in [6.07, 6.45) is 6.47. The molecule has 2 heteroatoms. The average molecular weight is 240 g/mol. The van der Waals surface area contributed by atoms with Crippen molar-refractivity contribution in [2.45, 2.75) is 71.4 Å². The number of nitrogens with zero attached hydrogens (tertiary/aromatic N) is 1. The summed E-state index contributed by atoms with van der Waals surface area (Å²) in [5.74, 6) is 1.64. The summed E-state index contributed by atoms with van der Waals surface area (Å²) in [4.78, 5) is 2.59. The monoisotopic (exact) mass is 240 g/mol. The molecule has 0 spiro atoms. The van der Waals surface area contributed by atoms with Crippen LogP contribution in [0.15, 0.2) is 0 Å². The minimum Gasteiger partial charge on any atom is -0.329 e. The molecular formula is C15H32N2. The third-order valence-corrected chi connectivity index (χ3v) is 4.76. The lowest BCUT2D eigenvalue weighted by Crippen LogP contribution is -2.58. The Balaban J connectivity index is 2.79. The van der Waals surface area contributed by atoms with E-state index in [1.54, 1.807) is 0 Å². The molecule has 0 aliphatic heterocycles. The average Bonchev–Trinajstić information content (AvgIpc) is 2.26. The predicted octanol–water partition coefficient (Wildman–Crippen LogP) is 3.26. The zero-order valence-electron chi connectivity index (χ0n) is 12.5. The van der Waals surface area contributed by atoms with Crippen LogP contribution in [-0.2, 0) is 0 Å². The van der Waals surface area contributed by atoms with Crippen molar-refractivity contribution in [2.75, 3.05) is 13.6 Å². The van der Waals surface area contributed by atoms with E-state index in [1.165, 1.54) is 32.1 Å². The van der Waals surface area contributed by atoms with Crippen molar-refractivity contribution in [3.8, 4) is 0 Å². The summed E-state index contributed by atoms with van der Waals surface area (Å²) < 4.78 is 0. The van der Waals surface area contributed by atoms with E-state index in [1.807, 2.05) is 0 Å². The first kappa shape index (κ1) is 15.0. The van der Waals surface area contributed by atoms with Gasteiger partial charge < -0.3 is 5.73 Å². The first-order valence-electron chi connectivity index (χ1n) is 7.38. The summed E-state index contributed by atoms with van der Waals surface area (Å²) in [6, 6.07) is 0.654. The Bertz CT molecular complexity index is 217. The van der Waals surface area contributed by atoms with E-state index in [4.69, 9.17) is 5.73 Å². The van der Waals surface area contributed by atoms with Crippen LogP contribution in [-0.4, -0.2) is 30.1 Å². The normalized spacial score (nSPS) is 36.2. The maximum absolute atomic E-state index is 6.16. The minimum atomic E-state index is 0.256. The van der Waals surface area contributed by atoms with E-state index >= 15 is 0 Å². The molecule has 0 heterocycles. The van der Waals surface area contributed by atoms with Gasteiger partial charge in [0.05, 0.1) is 0 Å². The van der Waals surface area contributed by atoms with E-state index in [0.29, 0.717) is 6.04 Å². The molecule has 1 saturated carbocycles. The van der Waals surface area contributed by atoms with Crippen LogP contribution in [0.2, 0.25) is 0 Å². The first-order chi connectivity index (χ1) is 7.95. The highest BCUT2D eigenvalue weighted by Gasteiger charge is 2.41. The Morgan fingerprint density at radius 2 is 1.82 bits per heavy atom. The Morgan fingerprint density at radius 3 is 2.24 bits per heavy atom. The highest BCUT2D eigenvalue weighted by atomic mass is 15.2. The molecule has 102 valence electrons. The smallest absolute Gasteiger partial charge is 0.0336 e. The van der Waals surface area contributed by atoms with Crippen molar-refractivity contribution in [1.29, 1.82) is 0 Å². The molecule has 0 bridgehead atoms. The lowest BCUT2D eigenvalue weighted by molar-refractivity contribution is 0.0113. The van der Waals surface area contributed by atoms with E-state index in [-0.39, 0.29) is 5.54 Å². The number of nitrogens with two attached hydrogens (primary N) is 1. The van der Waals surface area contributed by atoms with Crippen molar-refractivity contribution in [3.05, 3.63) is 0 Å². The van der Waals surface area contributed by atoms with Gasteiger partial charge in [-0.25, -0.2) is 0 Å². The molecule has 0 aromatic heterocycles. The van der Waals surface area contributed by atoms with Gasteiger partial charge in [-0.2, -0.15) is 0 Å². The van der Waals surface area contributed by atoms with E-state index in [0.717, 1.165) is 18.4 Å². The number of rotatable bonds is 5. The molecule has 0 saturated heterocycles. The van der Waals surface area contributed by atoms with Crippen LogP contribution in [0.5, 0.6) is 0 Å². The maximum atomic E-state index is 6.16. The molecule has 3 atom stereocenters. The molecule has 0 aromatic carbocycles. The summed E-state index contributed by atoms with van der Waals surface area (Å²) in [5.41, 5.74) is 6.41. The number of hydrogen-bond donors (Lipinski definition) is 1. The Kier molecular flexibility index (Phi) is 5.46. The zero-order chi connectivity index (χ0) is 13.1. The fourth-order valence-corrected chi connectivity index (χ4v) is 3.91. The van der Waals surface area contributed by atoms with Crippen LogP contribution < -0.4 is 5.73 Å². The Hall–Kier alpha value is -0.0800. The quantitative estimate of drug-likeness (QED) is 0.799. The Labute approximate surface area is 108 Å². The van der Waals surface area contributed by atoms with Crippen LogP contribution in [0, 0.1) is 11.8 Å². The molecule has 1 aliphatic carbocycles. The summed E-state index contributed by atoms with van der Waals surface area (Å²) >= 11 is 0. The highest BCUT2D eigenvalue weighted by Crippen LogP contribution is 2.39. The minimum absolute atomic E-state index is 0.256. The predicted molar refractivity (Wildman–Crippen MR) is 76.1 cm³/mol. The van der Waals surface area contributed by atoms with Crippen molar-refractivity contribution in [3.63, 3.8) is 0 Å². The third-order valence-electron chi connectivity index (χ3n) is 4.76. The Morgan fingerprint density at radius 1 is 1.29 bits per heavy atom. The molecule has 2 N–H and O–H groups in total. The van der Waals surface area contributed by atoms with Crippen LogP contribution in [0.4, 0.5) is 0 Å². The van der Waals surface area contributed by atoms with Gasteiger partial charge in [-0.05, 0) is 51.5 Å². The molecule has 3 unspecified atom stereocenters. The standard InChI is InChI=1S/C15H32N2/c1-6-7-14(4)17(5)15(11-16)9-12(2)8-13(3)10-15/h12-14H,6-11,16H2,1-5H3. The van der Waals surface area contributed by atoms with Crippen LogP contribution in [0.25, 0.3) is 0 Å². The molecule has 0 aromatic rings. The molecule has 1 fully saturated rings. The topological polar surface area (TPSA) is 29.3 Å². The summed E-state index contributed by atoms with van der Waals surface area (Å²) in [6.45, 7) is 10.2. The van der Waals surface area contributed by atoms with Gasteiger partial charge in [0.2, 0.25) is 0 Å². The highest BCUT2D eigenvalue weighted by molar-refractivity contribution is 4.98. The maximum Gasteiger partial charge on any atom is 0.0336 e. The lowest BCUT2D eigenvalue weighted by Gasteiger charge is -2.50. The summed E-state index contributed by atoms with van der Waals surface area (Å²) in [7, 11) is 2.29. The molecule has 0 radical (unpaired) electrons. The largest absolute Gasteiger partial charge is 0.329 e. The van der Waals surface area contributed by atoms with Gasteiger partial charge in [-0.1, -0.05) is 27.2 Å². The van der Waals surface area contributed by atoms with Gasteiger partial charge in [0.1, 0.15) is 0 Å². The van der Waals surface area contributed by atoms with Crippen molar-refractivity contribution < 1.29 is 0 Å². The second kappa shape index (κ2) is 6.19. The molecule has 1 aliphatic rings. The molecule has 0 amide bonds. The molecule has 1 rings (SSSR count). The lowest BCUT2D eigenvalue weighted by atomic mass is 9.70. The van der Waals surface area contributed by atoms with Gasteiger partial charge in [0.15, 0.2) is 0 Å². The second-order valence-corrected chi connectivity index (χ2v) is 6.53. The van der Waals surface area contributed by atoms with Gasteiger partial charge >= 0.3 is 0 Å². The van der Waals surface area contributed by atoms with Crippen molar-refractivity contribution >= 4 is 0 Å². The first-order valence-corrected chi connectivity index (χ1v) is 7.38. The van der Waals surface area contributed by atoms with Gasteiger partial charge in [-0.3, -0.25) is 4.90 Å². The van der Waals surface area contributed by atoms with E-state index in [9.17, 15) is 0 Å². The molecule has 2 nitrogen and oxygen atoms in total. The second-order valence-electron chi connectivity index (χ2n) is 6.53. The number of hydrogen-bond acceptors (Lipinski definition) is 2. The molecular weight excluding hydrogens is 208 g/mol. The van der Waals surface area contributed by atoms with E-state index < -0.39 is 0 Å². The van der Waals surface area contributed by atoms with Gasteiger partial charge in [-0.15, -0.1) is 0 Å². The van der Waals surface area contributed by atoms with Crippen LogP contribution in [0.3, 0.4) is 0 Å². The van der Waals surface area contributed by atoms with Crippen molar-refractivity contribution in [1.82, 2.24) is 4.90 Å². The fraction of sp³-hybridized carbons (Fsp3) is 1.00.